The number of nitrogens with zero attached hydrogens (tertiary/aromatic N) is 1. The van der Waals surface area contributed by atoms with Crippen molar-refractivity contribution >= 4 is 27.3 Å². The molecule has 0 fully saturated rings. The Bertz CT molecular complexity index is 839. The number of anilines is 2. The fourth-order valence-corrected chi connectivity index (χ4v) is 3.38. The van der Waals surface area contributed by atoms with Crippen LogP contribution in [-0.4, -0.2) is 26.6 Å². The summed E-state index contributed by atoms with van der Waals surface area (Å²) in [5, 5.41) is 2.46. The summed E-state index contributed by atoms with van der Waals surface area (Å²) >= 11 is 0. The minimum atomic E-state index is -3.80. The molecule has 0 heterocycles. The van der Waals surface area contributed by atoms with Gasteiger partial charge in [-0.3, -0.25) is 9.10 Å². The molecular weight excluding hydrogens is 338 g/mol. The van der Waals surface area contributed by atoms with Gasteiger partial charge in [0.2, 0.25) is 15.9 Å². The van der Waals surface area contributed by atoms with Gasteiger partial charge in [-0.15, -0.1) is 0 Å². The van der Waals surface area contributed by atoms with Crippen LogP contribution < -0.4 is 9.62 Å². The molecule has 0 aliphatic rings. The number of carbonyl (C=O) groups excluding carboxylic acids is 1. The molecule has 0 saturated heterocycles. The number of rotatable bonds is 5. The smallest absolute Gasteiger partial charge is 0.247 e. The van der Waals surface area contributed by atoms with Crippen LogP contribution in [0.2, 0.25) is 0 Å². The number of carbonyl (C=O) groups is 1. The van der Waals surface area contributed by atoms with Crippen molar-refractivity contribution in [1.29, 1.82) is 0 Å². The SMILES string of the molecule is CC(C(=O)Nc1cccc(F)c1)N(c1ccc(F)cc1)S(C)(=O)=O. The monoisotopic (exact) mass is 354 g/mol. The van der Waals surface area contributed by atoms with Crippen LogP contribution in [-0.2, 0) is 14.8 Å². The molecule has 8 heteroatoms. The molecule has 5 nitrogen and oxygen atoms in total. The third-order valence-corrected chi connectivity index (χ3v) is 4.50. The number of hydrogen-bond acceptors (Lipinski definition) is 3. The van der Waals surface area contributed by atoms with Gasteiger partial charge in [0.1, 0.15) is 17.7 Å². The number of sulfonamides is 1. The number of benzene rings is 2. The van der Waals surface area contributed by atoms with E-state index in [1.54, 1.807) is 0 Å². The second kappa shape index (κ2) is 6.96. The van der Waals surface area contributed by atoms with Crippen LogP contribution in [0.25, 0.3) is 0 Å². The van der Waals surface area contributed by atoms with Crippen LogP contribution in [0.15, 0.2) is 48.5 Å². The van der Waals surface area contributed by atoms with Crippen molar-refractivity contribution in [3.63, 3.8) is 0 Å². The summed E-state index contributed by atoms with van der Waals surface area (Å²) in [5.74, 6) is -1.70. The molecule has 2 aromatic rings. The predicted octanol–water partition coefficient (Wildman–Crippen LogP) is 2.76. The zero-order chi connectivity index (χ0) is 17.9. The van der Waals surface area contributed by atoms with Gasteiger partial charge in [0.15, 0.2) is 0 Å². The fourth-order valence-electron chi connectivity index (χ4n) is 2.21. The summed E-state index contributed by atoms with van der Waals surface area (Å²) in [6.07, 6.45) is 0.947. The van der Waals surface area contributed by atoms with Gasteiger partial charge in [-0.25, -0.2) is 17.2 Å². The topological polar surface area (TPSA) is 66.5 Å². The van der Waals surface area contributed by atoms with Gasteiger partial charge in [-0.1, -0.05) is 6.07 Å². The van der Waals surface area contributed by atoms with Gasteiger partial charge in [-0.05, 0) is 49.4 Å². The summed E-state index contributed by atoms with van der Waals surface area (Å²) in [4.78, 5) is 12.3. The highest BCUT2D eigenvalue weighted by atomic mass is 32.2. The normalized spacial score (nSPS) is 12.5. The van der Waals surface area contributed by atoms with E-state index in [0.29, 0.717) is 0 Å². The van der Waals surface area contributed by atoms with Crippen molar-refractivity contribution in [2.45, 2.75) is 13.0 Å². The summed E-state index contributed by atoms with van der Waals surface area (Å²) in [6.45, 7) is 1.39. The van der Waals surface area contributed by atoms with Crippen molar-refractivity contribution in [2.24, 2.45) is 0 Å². The Kier molecular flexibility index (Phi) is 5.18. The first kappa shape index (κ1) is 17.9. The molecule has 0 radical (unpaired) electrons. The lowest BCUT2D eigenvalue weighted by Gasteiger charge is -2.28. The number of hydrogen-bond donors (Lipinski definition) is 1. The molecule has 128 valence electrons. The Labute approximate surface area is 139 Å². The molecule has 0 spiro atoms. The standard InChI is InChI=1S/C16H16F2N2O3S/c1-11(16(21)19-14-5-3-4-13(18)10-14)20(24(2,22)23)15-8-6-12(17)7-9-15/h3-11H,1-2H3,(H,19,21). The van der Waals surface area contributed by atoms with Crippen molar-refractivity contribution in [2.75, 3.05) is 15.9 Å². The van der Waals surface area contributed by atoms with Crippen molar-refractivity contribution < 1.29 is 22.0 Å². The molecule has 1 N–H and O–H groups in total. The van der Waals surface area contributed by atoms with Crippen LogP contribution in [0.3, 0.4) is 0 Å². The molecule has 2 rings (SSSR count). The average Bonchev–Trinajstić information content (AvgIpc) is 2.48. The van der Waals surface area contributed by atoms with Crippen LogP contribution >= 0.6 is 0 Å². The molecule has 0 aromatic heterocycles. The Balaban J connectivity index is 2.29. The lowest BCUT2D eigenvalue weighted by Crippen LogP contribution is -2.45. The Hall–Kier alpha value is -2.48. The van der Waals surface area contributed by atoms with E-state index < -0.39 is 33.6 Å². The lowest BCUT2D eigenvalue weighted by molar-refractivity contribution is -0.116. The van der Waals surface area contributed by atoms with E-state index in [1.165, 1.54) is 37.3 Å². The average molecular weight is 354 g/mol. The molecule has 24 heavy (non-hydrogen) atoms. The van der Waals surface area contributed by atoms with E-state index in [0.717, 1.165) is 28.8 Å². The molecular formula is C16H16F2N2O3S. The van der Waals surface area contributed by atoms with E-state index in [2.05, 4.69) is 5.32 Å². The minimum absolute atomic E-state index is 0.154. The molecule has 0 saturated carbocycles. The molecule has 1 atom stereocenters. The number of amides is 1. The zero-order valence-electron chi connectivity index (χ0n) is 13.0. The first-order chi connectivity index (χ1) is 11.2. The van der Waals surface area contributed by atoms with E-state index in [4.69, 9.17) is 0 Å². The van der Waals surface area contributed by atoms with Crippen molar-refractivity contribution in [3.05, 3.63) is 60.2 Å². The second-order valence-corrected chi connectivity index (χ2v) is 7.07. The highest BCUT2D eigenvalue weighted by Crippen LogP contribution is 2.22. The first-order valence-electron chi connectivity index (χ1n) is 7.00. The van der Waals surface area contributed by atoms with E-state index in [9.17, 15) is 22.0 Å². The van der Waals surface area contributed by atoms with Crippen LogP contribution in [0.4, 0.5) is 20.2 Å². The molecule has 0 aliphatic heterocycles. The first-order valence-corrected chi connectivity index (χ1v) is 8.85. The maximum absolute atomic E-state index is 13.2. The third-order valence-electron chi connectivity index (χ3n) is 3.26. The van der Waals surface area contributed by atoms with Gasteiger partial charge < -0.3 is 5.32 Å². The zero-order valence-corrected chi connectivity index (χ0v) is 13.8. The largest absolute Gasteiger partial charge is 0.324 e. The maximum atomic E-state index is 13.2. The van der Waals surface area contributed by atoms with Gasteiger partial charge >= 0.3 is 0 Å². The molecule has 0 aliphatic carbocycles. The maximum Gasteiger partial charge on any atom is 0.247 e. The summed E-state index contributed by atoms with van der Waals surface area (Å²) in [5.41, 5.74) is 0.361. The van der Waals surface area contributed by atoms with Crippen molar-refractivity contribution in [1.82, 2.24) is 0 Å². The predicted molar refractivity (Wildman–Crippen MR) is 88.2 cm³/mol. The lowest BCUT2D eigenvalue weighted by atomic mass is 10.2. The van der Waals surface area contributed by atoms with Gasteiger partial charge in [0.05, 0.1) is 11.9 Å². The molecule has 2 aromatic carbocycles. The third kappa shape index (κ3) is 4.29. The van der Waals surface area contributed by atoms with Gasteiger partial charge in [0, 0.05) is 5.69 Å². The van der Waals surface area contributed by atoms with Crippen LogP contribution in [0.5, 0.6) is 0 Å². The molecule has 0 bridgehead atoms. The highest BCUT2D eigenvalue weighted by molar-refractivity contribution is 7.92. The highest BCUT2D eigenvalue weighted by Gasteiger charge is 2.29. The Morgan fingerprint density at radius 2 is 1.71 bits per heavy atom. The van der Waals surface area contributed by atoms with Crippen LogP contribution in [0.1, 0.15) is 6.92 Å². The molecule has 1 unspecified atom stereocenters. The fraction of sp³-hybridized carbons (Fsp3) is 0.188. The second-order valence-electron chi connectivity index (χ2n) is 5.21. The van der Waals surface area contributed by atoms with Crippen LogP contribution in [0, 0.1) is 11.6 Å². The number of nitrogens with one attached hydrogen (secondary N) is 1. The van der Waals surface area contributed by atoms with E-state index >= 15 is 0 Å². The Morgan fingerprint density at radius 1 is 1.08 bits per heavy atom. The van der Waals surface area contributed by atoms with Gasteiger partial charge in [0.25, 0.3) is 0 Å². The van der Waals surface area contributed by atoms with E-state index in [-0.39, 0.29) is 11.4 Å². The molecule has 1 amide bonds. The van der Waals surface area contributed by atoms with Gasteiger partial charge in [-0.2, -0.15) is 0 Å². The number of halogens is 2. The summed E-state index contributed by atoms with van der Waals surface area (Å²) in [6, 6.07) is 8.86. The Morgan fingerprint density at radius 3 is 2.25 bits per heavy atom. The summed E-state index contributed by atoms with van der Waals surface area (Å²) < 4.78 is 51.2. The summed E-state index contributed by atoms with van der Waals surface area (Å²) in [7, 11) is -3.80. The van der Waals surface area contributed by atoms with Crippen molar-refractivity contribution in [3.8, 4) is 0 Å². The minimum Gasteiger partial charge on any atom is -0.324 e. The quantitative estimate of drug-likeness (QED) is 0.898. The van der Waals surface area contributed by atoms with E-state index in [1.807, 2.05) is 0 Å².